The molecule has 10 heteroatoms. The number of carbonyl (C=O) groups excluding carboxylic acids is 2. The Kier molecular flexibility index (Phi) is 8.05. The largest absolute Gasteiger partial charge is 0.339 e. The van der Waals surface area contributed by atoms with Crippen molar-refractivity contribution in [3.8, 4) is 11.3 Å². The van der Waals surface area contributed by atoms with Crippen molar-refractivity contribution in [3.63, 3.8) is 0 Å². The number of hydrogen-bond donors (Lipinski definition) is 1. The van der Waals surface area contributed by atoms with Crippen molar-refractivity contribution < 1.29 is 18.0 Å². The first-order valence-electron chi connectivity index (χ1n) is 17.1. The van der Waals surface area contributed by atoms with E-state index in [0.717, 1.165) is 66.9 Å². The van der Waals surface area contributed by atoms with Gasteiger partial charge in [-0.3, -0.25) is 9.59 Å². The van der Waals surface area contributed by atoms with E-state index in [2.05, 4.69) is 57.3 Å². The summed E-state index contributed by atoms with van der Waals surface area (Å²) in [5, 5.41) is 1.11. The highest BCUT2D eigenvalue weighted by Crippen LogP contribution is 2.66. The number of likely N-dealkylation sites (N-methyl/N-ethyl adjacent to an activating group) is 1. The molecule has 2 aliphatic heterocycles. The first kappa shape index (κ1) is 31.4. The monoisotopic (exact) mass is 645 g/mol. The van der Waals surface area contributed by atoms with Crippen molar-refractivity contribution in [2.45, 2.75) is 82.7 Å². The van der Waals surface area contributed by atoms with Gasteiger partial charge in [0.2, 0.25) is 5.91 Å². The van der Waals surface area contributed by atoms with Crippen LogP contribution in [0.15, 0.2) is 42.5 Å². The summed E-state index contributed by atoms with van der Waals surface area (Å²) in [5.41, 5.74) is 5.61. The summed E-state index contributed by atoms with van der Waals surface area (Å²) in [6, 6.07) is 14.5. The Hall–Kier alpha value is -3.21. The zero-order valence-corrected chi connectivity index (χ0v) is 28.4. The summed E-state index contributed by atoms with van der Waals surface area (Å²) in [4.78, 5) is 32.6. The number of amides is 2. The Balaban J connectivity index is 1.38. The lowest BCUT2D eigenvalue weighted by Crippen LogP contribution is -2.46. The predicted octanol–water partition coefficient (Wildman–Crippen LogP) is 5.32. The van der Waals surface area contributed by atoms with Crippen LogP contribution < -0.4 is 4.72 Å². The molecule has 2 aromatic carbocycles. The molecule has 2 saturated carbocycles. The number of nitrogens with zero attached hydrogens (tertiary/aromatic N) is 4. The Bertz CT molecular complexity index is 1790. The summed E-state index contributed by atoms with van der Waals surface area (Å²) < 4.78 is 30.6. The van der Waals surface area contributed by atoms with Crippen LogP contribution in [0.2, 0.25) is 0 Å². The van der Waals surface area contributed by atoms with Crippen LogP contribution in [0, 0.1) is 5.41 Å². The van der Waals surface area contributed by atoms with Gasteiger partial charge in [-0.1, -0.05) is 56.5 Å². The van der Waals surface area contributed by atoms with Crippen molar-refractivity contribution in [3.05, 3.63) is 59.2 Å². The quantitative estimate of drug-likeness (QED) is 0.358. The first-order chi connectivity index (χ1) is 22.1. The minimum absolute atomic E-state index is 0.146. The van der Waals surface area contributed by atoms with Crippen LogP contribution in [0.25, 0.3) is 22.2 Å². The molecule has 46 heavy (non-hydrogen) atoms. The second-order valence-corrected chi connectivity index (χ2v) is 16.2. The third-order valence-corrected chi connectivity index (χ3v) is 12.7. The zero-order chi connectivity index (χ0) is 32.4. The molecule has 1 saturated heterocycles. The van der Waals surface area contributed by atoms with Gasteiger partial charge < -0.3 is 14.4 Å². The molecule has 9 nitrogen and oxygen atoms in total. The van der Waals surface area contributed by atoms with Crippen LogP contribution in [0.3, 0.4) is 0 Å². The molecular weight excluding hydrogens is 598 g/mol. The van der Waals surface area contributed by atoms with E-state index < -0.39 is 21.5 Å². The minimum atomic E-state index is -3.95. The van der Waals surface area contributed by atoms with Crippen molar-refractivity contribution in [2.75, 3.05) is 40.8 Å². The van der Waals surface area contributed by atoms with Gasteiger partial charge in [0.05, 0.1) is 11.1 Å². The number of nitrogens with one attached hydrogen (secondary N) is 1. The van der Waals surface area contributed by atoms with Crippen LogP contribution in [-0.4, -0.2) is 85.7 Å². The van der Waals surface area contributed by atoms with Crippen molar-refractivity contribution in [1.29, 1.82) is 0 Å². The van der Waals surface area contributed by atoms with Crippen LogP contribution in [0.4, 0.5) is 0 Å². The molecule has 2 amide bonds. The molecule has 0 spiro atoms. The average Bonchev–Trinajstić information content (AvgIpc) is 3.49. The van der Waals surface area contributed by atoms with E-state index in [9.17, 15) is 18.0 Å². The standard InChI is InChI=1S/C36H47N5O4S/c1-5-39(4)22-26-14-11-19-40(26)35(43)36-21-30(36)27-15-9-10-16-28(27)33-32(24-12-7-6-8-13-24)29-18-17-25(20-31(29)41(33)23-36)34(42)37-46(44,45)38(2)3/h9-10,15-18,20,24,26,30H,5-8,11-14,19,21-23H2,1-4H3,(H,37,42). The molecule has 7 rings (SSSR count). The van der Waals surface area contributed by atoms with Gasteiger partial charge in [-0.2, -0.15) is 12.7 Å². The Morgan fingerprint density at radius 2 is 1.76 bits per heavy atom. The second kappa shape index (κ2) is 11.8. The summed E-state index contributed by atoms with van der Waals surface area (Å²) in [6.45, 7) is 5.35. The number of fused-ring (bicyclic) bond motifs is 7. The predicted molar refractivity (Wildman–Crippen MR) is 181 cm³/mol. The van der Waals surface area contributed by atoms with Crippen LogP contribution in [0.5, 0.6) is 0 Å². The van der Waals surface area contributed by atoms with E-state index in [1.165, 1.54) is 55.7 Å². The Morgan fingerprint density at radius 1 is 1.00 bits per heavy atom. The SMILES string of the molecule is CCN(C)CC1CCCN1C(=O)C12CC1c1ccccc1-c1c(C3CCCCC3)c3ccc(C(=O)NS(=O)(=O)N(C)C)cc3n1C2. The van der Waals surface area contributed by atoms with Gasteiger partial charge in [0.1, 0.15) is 0 Å². The zero-order valence-electron chi connectivity index (χ0n) is 27.6. The molecule has 2 aliphatic carbocycles. The molecule has 1 N–H and O–H groups in total. The molecular formula is C36H47N5O4S. The van der Waals surface area contributed by atoms with Crippen LogP contribution in [-0.2, 0) is 21.5 Å². The third-order valence-electron chi connectivity index (χ3n) is 11.3. The van der Waals surface area contributed by atoms with Gasteiger partial charge in [0.15, 0.2) is 0 Å². The molecule has 4 aliphatic rings. The van der Waals surface area contributed by atoms with Gasteiger partial charge in [0, 0.05) is 67.7 Å². The lowest BCUT2D eigenvalue weighted by molar-refractivity contribution is -0.138. The summed E-state index contributed by atoms with van der Waals surface area (Å²) >= 11 is 0. The molecule has 3 fully saturated rings. The van der Waals surface area contributed by atoms with Crippen LogP contribution in [0.1, 0.15) is 91.6 Å². The highest BCUT2D eigenvalue weighted by molar-refractivity contribution is 7.87. The molecule has 0 radical (unpaired) electrons. The lowest BCUT2D eigenvalue weighted by atomic mass is 9.81. The first-order valence-corrected chi connectivity index (χ1v) is 18.5. The fraction of sp³-hybridized carbons (Fsp3) is 0.556. The van der Waals surface area contributed by atoms with Crippen molar-refractivity contribution in [2.24, 2.45) is 5.41 Å². The van der Waals surface area contributed by atoms with Gasteiger partial charge in [-0.15, -0.1) is 0 Å². The molecule has 1 aromatic heterocycles. The summed E-state index contributed by atoms with van der Waals surface area (Å²) in [5.74, 6) is 0.142. The highest BCUT2D eigenvalue weighted by Gasteiger charge is 2.64. The van der Waals surface area contributed by atoms with Gasteiger partial charge >= 0.3 is 10.2 Å². The minimum Gasteiger partial charge on any atom is -0.339 e. The molecule has 3 unspecified atom stereocenters. The van der Waals surface area contributed by atoms with E-state index in [1.54, 1.807) is 6.07 Å². The third kappa shape index (κ3) is 5.17. The number of hydrogen-bond acceptors (Lipinski definition) is 5. The lowest BCUT2D eigenvalue weighted by Gasteiger charge is -2.32. The van der Waals surface area contributed by atoms with E-state index in [1.807, 2.05) is 12.1 Å². The number of benzene rings is 2. The van der Waals surface area contributed by atoms with Gasteiger partial charge in [-0.25, -0.2) is 4.72 Å². The van der Waals surface area contributed by atoms with Crippen LogP contribution >= 0.6 is 0 Å². The average molecular weight is 646 g/mol. The summed E-state index contributed by atoms with van der Waals surface area (Å²) in [6.07, 6.45) is 8.74. The topological polar surface area (TPSA) is 95.0 Å². The number of carbonyl (C=O) groups is 2. The highest BCUT2D eigenvalue weighted by atomic mass is 32.2. The van der Waals surface area contributed by atoms with E-state index >= 15 is 0 Å². The maximum atomic E-state index is 14.8. The van der Waals surface area contributed by atoms with Gasteiger partial charge in [0.25, 0.3) is 5.91 Å². The maximum absolute atomic E-state index is 14.8. The van der Waals surface area contributed by atoms with Crippen molar-refractivity contribution in [1.82, 2.24) is 23.4 Å². The van der Waals surface area contributed by atoms with E-state index in [4.69, 9.17) is 0 Å². The van der Waals surface area contributed by atoms with Gasteiger partial charge in [-0.05, 0) is 74.9 Å². The number of likely N-dealkylation sites (tertiary alicyclic amines) is 1. The normalized spacial score (nSPS) is 24.5. The molecule has 246 valence electrons. The number of aromatic nitrogens is 1. The molecule has 3 atom stereocenters. The smallest absolute Gasteiger partial charge is 0.303 e. The fourth-order valence-electron chi connectivity index (χ4n) is 8.60. The Labute approximate surface area is 273 Å². The maximum Gasteiger partial charge on any atom is 0.303 e. The second-order valence-electron chi connectivity index (χ2n) is 14.3. The molecule has 0 bridgehead atoms. The summed E-state index contributed by atoms with van der Waals surface area (Å²) in [7, 11) is 0.972. The van der Waals surface area contributed by atoms with Crippen molar-refractivity contribution >= 4 is 32.9 Å². The molecule has 3 aromatic rings. The number of rotatable bonds is 8. The fourth-order valence-corrected chi connectivity index (χ4v) is 9.14. The van der Waals surface area contributed by atoms with E-state index in [-0.39, 0.29) is 17.9 Å². The van der Waals surface area contributed by atoms with E-state index in [0.29, 0.717) is 18.0 Å². The Morgan fingerprint density at radius 3 is 2.50 bits per heavy atom. The molecule has 3 heterocycles.